The lowest BCUT2D eigenvalue weighted by Gasteiger charge is -2.22. The zero-order chi connectivity index (χ0) is 24.9. The van der Waals surface area contributed by atoms with Crippen LogP contribution in [0.3, 0.4) is 0 Å². The molecule has 3 N–H and O–H groups in total. The molecular formula is C27H26ClN3O4. The lowest BCUT2D eigenvalue weighted by Crippen LogP contribution is -2.38. The van der Waals surface area contributed by atoms with E-state index in [9.17, 15) is 14.4 Å². The summed E-state index contributed by atoms with van der Waals surface area (Å²) in [7, 11) is 1.41. The van der Waals surface area contributed by atoms with Gasteiger partial charge < -0.3 is 20.6 Å². The van der Waals surface area contributed by atoms with Crippen molar-refractivity contribution >= 4 is 29.5 Å². The van der Waals surface area contributed by atoms with E-state index in [1.54, 1.807) is 12.1 Å². The minimum absolute atomic E-state index is 0.167. The van der Waals surface area contributed by atoms with Crippen LogP contribution in [0.2, 0.25) is 5.02 Å². The number of rotatable bonds is 6. The Kier molecular flexibility index (Phi) is 7.36. The molecule has 0 radical (unpaired) electrons. The van der Waals surface area contributed by atoms with Gasteiger partial charge in [-0.3, -0.25) is 9.59 Å². The molecule has 0 fully saturated rings. The fourth-order valence-electron chi connectivity index (χ4n) is 4.36. The first-order chi connectivity index (χ1) is 16.8. The van der Waals surface area contributed by atoms with Crippen molar-refractivity contribution in [3.63, 3.8) is 0 Å². The normalized spacial score (nSPS) is 12.6. The van der Waals surface area contributed by atoms with Crippen LogP contribution in [0, 0.1) is 0 Å². The molecule has 35 heavy (non-hydrogen) atoms. The minimum atomic E-state index is -1.10. The topological polar surface area (TPSA) is 98.7 Å². The van der Waals surface area contributed by atoms with Crippen molar-refractivity contribution in [1.82, 2.24) is 15.5 Å². The average Bonchev–Trinajstić information content (AvgIpc) is 2.99. The number of carbonyl (C=O) groups excluding carboxylic acids is 2. The van der Waals surface area contributed by atoms with Gasteiger partial charge in [-0.2, -0.15) is 0 Å². The Morgan fingerprint density at radius 3 is 2.14 bits per heavy atom. The van der Waals surface area contributed by atoms with E-state index < -0.39 is 18.4 Å². The van der Waals surface area contributed by atoms with Crippen molar-refractivity contribution in [3.05, 3.63) is 105 Å². The molecule has 0 saturated carbocycles. The van der Waals surface area contributed by atoms with E-state index >= 15 is 0 Å². The molecule has 0 unspecified atom stereocenters. The van der Waals surface area contributed by atoms with E-state index in [0.717, 1.165) is 28.9 Å². The Morgan fingerprint density at radius 1 is 0.971 bits per heavy atom. The van der Waals surface area contributed by atoms with Gasteiger partial charge in [0.05, 0.1) is 6.04 Å². The highest BCUT2D eigenvalue weighted by molar-refractivity contribution is 6.31. The summed E-state index contributed by atoms with van der Waals surface area (Å²) in [5.41, 5.74) is 5.51. The fraction of sp³-hybridized carbons (Fsp3) is 0.222. The Bertz CT molecular complexity index is 1230. The molecule has 3 amide bonds. The van der Waals surface area contributed by atoms with Crippen LogP contribution < -0.4 is 10.6 Å². The van der Waals surface area contributed by atoms with E-state index in [0.29, 0.717) is 10.6 Å². The SMILES string of the molecule is CN(CC(=O)O)C(=O)c1ccc(CNC(=O)NC2c3ccccc3CCc3ccccc32)c(Cl)c1. The number of hydrogen-bond donors (Lipinski definition) is 3. The molecule has 0 atom stereocenters. The minimum Gasteiger partial charge on any atom is -0.480 e. The summed E-state index contributed by atoms with van der Waals surface area (Å²) in [6.07, 6.45) is 1.82. The Labute approximate surface area is 208 Å². The third-order valence-corrected chi connectivity index (χ3v) is 6.48. The van der Waals surface area contributed by atoms with E-state index in [4.69, 9.17) is 16.7 Å². The summed E-state index contributed by atoms with van der Waals surface area (Å²) in [6.45, 7) is -0.243. The zero-order valence-corrected chi connectivity index (χ0v) is 20.0. The summed E-state index contributed by atoms with van der Waals surface area (Å²) in [4.78, 5) is 37.2. The number of carbonyl (C=O) groups is 3. The number of aryl methyl sites for hydroxylation is 2. The molecule has 8 heteroatoms. The van der Waals surface area contributed by atoms with Crippen LogP contribution in [0.1, 0.15) is 44.2 Å². The molecule has 180 valence electrons. The summed E-state index contributed by atoms with van der Waals surface area (Å²) in [5, 5.41) is 15.2. The van der Waals surface area contributed by atoms with E-state index in [2.05, 4.69) is 34.9 Å². The number of amides is 3. The molecule has 0 bridgehead atoms. The van der Waals surface area contributed by atoms with Gasteiger partial charge in [0, 0.05) is 24.2 Å². The largest absolute Gasteiger partial charge is 0.480 e. The molecule has 0 aliphatic heterocycles. The van der Waals surface area contributed by atoms with Crippen molar-refractivity contribution in [1.29, 1.82) is 0 Å². The van der Waals surface area contributed by atoms with Crippen LogP contribution in [0.5, 0.6) is 0 Å². The third-order valence-electron chi connectivity index (χ3n) is 6.13. The predicted octanol–water partition coefficient (Wildman–Crippen LogP) is 4.18. The molecular weight excluding hydrogens is 466 g/mol. The van der Waals surface area contributed by atoms with Gasteiger partial charge in [0.2, 0.25) is 0 Å². The highest BCUT2D eigenvalue weighted by Crippen LogP contribution is 2.32. The second kappa shape index (κ2) is 10.6. The molecule has 0 aromatic heterocycles. The molecule has 1 aliphatic rings. The maximum atomic E-state index is 12.9. The van der Waals surface area contributed by atoms with Crippen LogP contribution in [0.4, 0.5) is 4.79 Å². The number of hydrogen-bond acceptors (Lipinski definition) is 3. The van der Waals surface area contributed by atoms with Crippen molar-refractivity contribution in [2.24, 2.45) is 0 Å². The summed E-state index contributed by atoms with van der Waals surface area (Å²) in [5.74, 6) is -1.55. The highest BCUT2D eigenvalue weighted by atomic mass is 35.5. The van der Waals surface area contributed by atoms with Crippen molar-refractivity contribution in [3.8, 4) is 0 Å². The molecule has 1 aliphatic carbocycles. The van der Waals surface area contributed by atoms with E-state index in [-0.39, 0.29) is 24.2 Å². The maximum Gasteiger partial charge on any atom is 0.323 e. The molecule has 7 nitrogen and oxygen atoms in total. The fourth-order valence-corrected chi connectivity index (χ4v) is 4.60. The number of aliphatic carboxylic acids is 1. The van der Waals surface area contributed by atoms with E-state index in [1.807, 2.05) is 24.3 Å². The number of fused-ring (bicyclic) bond motifs is 2. The van der Waals surface area contributed by atoms with Crippen molar-refractivity contribution in [2.45, 2.75) is 25.4 Å². The Balaban J connectivity index is 1.46. The monoisotopic (exact) mass is 491 g/mol. The second-order valence-electron chi connectivity index (χ2n) is 8.52. The first-order valence-electron chi connectivity index (χ1n) is 11.3. The molecule has 4 rings (SSSR count). The molecule has 0 heterocycles. The van der Waals surface area contributed by atoms with Crippen LogP contribution in [-0.4, -0.2) is 41.5 Å². The Hall–Kier alpha value is -3.84. The van der Waals surface area contributed by atoms with Gasteiger partial charge in [0.25, 0.3) is 5.91 Å². The first-order valence-corrected chi connectivity index (χ1v) is 11.7. The quantitative estimate of drug-likeness (QED) is 0.481. The number of likely N-dealkylation sites (N-methyl/N-ethyl adjacent to an activating group) is 1. The number of halogens is 1. The predicted molar refractivity (Wildman–Crippen MR) is 134 cm³/mol. The Morgan fingerprint density at radius 2 is 1.57 bits per heavy atom. The highest BCUT2D eigenvalue weighted by Gasteiger charge is 2.24. The van der Waals surface area contributed by atoms with Crippen LogP contribution >= 0.6 is 11.6 Å². The van der Waals surface area contributed by atoms with Gasteiger partial charge >= 0.3 is 12.0 Å². The molecule has 3 aromatic carbocycles. The maximum absolute atomic E-state index is 12.9. The summed E-state index contributed by atoms with van der Waals surface area (Å²) in [6, 6.07) is 20.4. The number of carboxylic acid groups (broad SMARTS) is 1. The van der Waals surface area contributed by atoms with Gasteiger partial charge in [-0.1, -0.05) is 66.2 Å². The van der Waals surface area contributed by atoms with Crippen molar-refractivity contribution in [2.75, 3.05) is 13.6 Å². The standard InChI is InChI=1S/C27H26ClN3O4/c1-31(16-24(32)33)26(34)19-12-13-20(23(28)14-19)15-29-27(35)30-25-21-8-4-2-6-17(21)10-11-18-7-3-5-9-22(18)25/h2-9,12-14,25H,10-11,15-16H2,1H3,(H,32,33)(H2,29,30,35). The van der Waals surface area contributed by atoms with Gasteiger partial charge in [-0.05, 0) is 52.8 Å². The van der Waals surface area contributed by atoms with E-state index in [1.165, 1.54) is 24.2 Å². The lowest BCUT2D eigenvalue weighted by atomic mass is 9.95. The van der Waals surface area contributed by atoms with Crippen LogP contribution in [-0.2, 0) is 24.2 Å². The molecule has 3 aromatic rings. The number of nitrogens with one attached hydrogen (secondary N) is 2. The number of benzene rings is 3. The van der Waals surface area contributed by atoms with Gasteiger partial charge in [-0.15, -0.1) is 0 Å². The van der Waals surface area contributed by atoms with Gasteiger partial charge in [0.1, 0.15) is 6.54 Å². The lowest BCUT2D eigenvalue weighted by molar-refractivity contribution is -0.137. The van der Waals surface area contributed by atoms with Crippen LogP contribution in [0.15, 0.2) is 66.7 Å². The van der Waals surface area contributed by atoms with Gasteiger partial charge in [-0.25, -0.2) is 4.79 Å². The second-order valence-corrected chi connectivity index (χ2v) is 8.93. The number of carboxylic acids is 1. The number of nitrogens with zero attached hydrogens (tertiary/aromatic N) is 1. The van der Waals surface area contributed by atoms with Crippen LogP contribution in [0.25, 0.3) is 0 Å². The van der Waals surface area contributed by atoms with Gasteiger partial charge in [0.15, 0.2) is 0 Å². The third kappa shape index (κ3) is 5.63. The smallest absolute Gasteiger partial charge is 0.323 e. The molecule has 0 spiro atoms. The summed E-state index contributed by atoms with van der Waals surface area (Å²) >= 11 is 6.36. The van der Waals surface area contributed by atoms with Crippen molar-refractivity contribution < 1.29 is 19.5 Å². The molecule has 0 saturated heterocycles. The average molecular weight is 492 g/mol. The summed E-state index contributed by atoms with van der Waals surface area (Å²) < 4.78 is 0. The zero-order valence-electron chi connectivity index (χ0n) is 19.3. The number of urea groups is 1. The first kappa shape index (κ1) is 24.3.